The Morgan fingerprint density at radius 3 is 2.94 bits per heavy atom. The minimum absolute atomic E-state index is 0.341. The van der Waals surface area contributed by atoms with Crippen LogP contribution in [-0.4, -0.2) is 10.1 Å². The predicted octanol–water partition coefficient (Wildman–Crippen LogP) is 3.56. The number of hydrogen-bond donors (Lipinski definition) is 1. The number of hydrogen-bond acceptors (Lipinski definition) is 2. The van der Waals surface area contributed by atoms with Gasteiger partial charge in [0.25, 0.3) is 0 Å². The van der Waals surface area contributed by atoms with E-state index in [1.54, 1.807) is 12.4 Å². The number of allylic oxidation sites excluding steroid dienone is 1. The number of aliphatic hydroxyl groups excluding tert-OH is 1. The van der Waals surface area contributed by atoms with Crippen molar-refractivity contribution in [1.82, 2.24) is 4.98 Å². The van der Waals surface area contributed by atoms with Crippen LogP contribution in [0.4, 0.5) is 0 Å². The molecule has 16 heavy (non-hydrogen) atoms. The number of pyridine rings is 1. The predicted molar refractivity (Wildman–Crippen MR) is 67.2 cm³/mol. The SMILES string of the molecule is C=CCCCCCC(O)c1ccncc1C. The van der Waals surface area contributed by atoms with Gasteiger partial charge >= 0.3 is 0 Å². The molecular weight excluding hydrogens is 198 g/mol. The number of aryl methyl sites for hydroxylation is 1. The zero-order valence-electron chi connectivity index (χ0n) is 10.0. The molecule has 0 spiro atoms. The first-order chi connectivity index (χ1) is 7.75. The second-order valence-corrected chi connectivity index (χ2v) is 4.17. The van der Waals surface area contributed by atoms with Crippen molar-refractivity contribution < 1.29 is 5.11 Å². The molecule has 88 valence electrons. The number of nitrogens with zero attached hydrogens (tertiary/aromatic N) is 1. The lowest BCUT2D eigenvalue weighted by atomic mass is 10.0. The highest BCUT2D eigenvalue weighted by Crippen LogP contribution is 2.22. The molecule has 0 bridgehead atoms. The smallest absolute Gasteiger partial charge is 0.0793 e. The summed E-state index contributed by atoms with van der Waals surface area (Å²) in [5.74, 6) is 0. The Hall–Kier alpha value is -1.15. The Labute approximate surface area is 98.0 Å². The van der Waals surface area contributed by atoms with Gasteiger partial charge in [-0.1, -0.05) is 18.9 Å². The fourth-order valence-corrected chi connectivity index (χ4v) is 1.82. The normalized spacial score (nSPS) is 12.4. The fraction of sp³-hybridized carbons (Fsp3) is 0.500. The van der Waals surface area contributed by atoms with Gasteiger partial charge in [-0.3, -0.25) is 4.98 Å². The molecule has 1 heterocycles. The quantitative estimate of drug-likeness (QED) is 0.562. The molecule has 2 nitrogen and oxygen atoms in total. The van der Waals surface area contributed by atoms with Crippen LogP contribution in [0, 0.1) is 6.92 Å². The van der Waals surface area contributed by atoms with Gasteiger partial charge in [-0.05, 0) is 43.4 Å². The summed E-state index contributed by atoms with van der Waals surface area (Å²) < 4.78 is 0. The summed E-state index contributed by atoms with van der Waals surface area (Å²) >= 11 is 0. The Balaban J connectivity index is 2.32. The van der Waals surface area contributed by atoms with Gasteiger partial charge < -0.3 is 5.11 Å². The number of aromatic nitrogens is 1. The van der Waals surface area contributed by atoms with E-state index in [1.165, 1.54) is 6.42 Å². The second kappa shape index (κ2) is 7.18. The Morgan fingerprint density at radius 1 is 1.44 bits per heavy atom. The third kappa shape index (κ3) is 4.15. The van der Waals surface area contributed by atoms with Crippen LogP contribution in [0.2, 0.25) is 0 Å². The molecule has 1 N–H and O–H groups in total. The number of rotatable bonds is 7. The van der Waals surface area contributed by atoms with E-state index in [9.17, 15) is 5.11 Å². The van der Waals surface area contributed by atoms with Gasteiger partial charge in [0.05, 0.1) is 6.10 Å². The van der Waals surface area contributed by atoms with Crippen molar-refractivity contribution in [3.63, 3.8) is 0 Å². The number of aliphatic hydroxyl groups is 1. The average Bonchev–Trinajstić information content (AvgIpc) is 2.29. The van der Waals surface area contributed by atoms with E-state index in [1.807, 2.05) is 19.1 Å². The van der Waals surface area contributed by atoms with Crippen molar-refractivity contribution in [2.75, 3.05) is 0 Å². The average molecular weight is 219 g/mol. The zero-order valence-corrected chi connectivity index (χ0v) is 10.0. The van der Waals surface area contributed by atoms with E-state index in [2.05, 4.69) is 11.6 Å². The summed E-state index contributed by atoms with van der Waals surface area (Å²) in [6.07, 6.45) is 10.5. The van der Waals surface area contributed by atoms with E-state index < -0.39 is 0 Å². The monoisotopic (exact) mass is 219 g/mol. The summed E-state index contributed by atoms with van der Waals surface area (Å²) in [6, 6.07) is 1.91. The highest BCUT2D eigenvalue weighted by Gasteiger charge is 2.09. The molecule has 0 aromatic carbocycles. The summed E-state index contributed by atoms with van der Waals surface area (Å²) in [5, 5.41) is 10.0. The largest absolute Gasteiger partial charge is 0.388 e. The molecule has 0 aliphatic carbocycles. The molecule has 1 aromatic heterocycles. The first-order valence-electron chi connectivity index (χ1n) is 5.95. The molecule has 0 saturated carbocycles. The molecule has 0 saturated heterocycles. The maximum absolute atomic E-state index is 10.0. The first kappa shape index (κ1) is 12.9. The van der Waals surface area contributed by atoms with Crippen LogP contribution in [0.3, 0.4) is 0 Å². The van der Waals surface area contributed by atoms with Crippen LogP contribution in [0.25, 0.3) is 0 Å². The van der Waals surface area contributed by atoms with Crippen LogP contribution in [0.1, 0.15) is 49.3 Å². The van der Waals surface area contributed by atoms with E-state index in [4.69, 9.17) is 0 Å². The second-order valence-electron chi connectivity index (χ2n) is 4.17. The molecule has 1 rings (SSSR count). The van der Waals surface area contributed by atoms with Gasteiger partial charge in [-0.15, -0.1) is 6.58 Å². The standard InChI is InChI=1S/C14H21NO/c1-3-4-5-6-7-8-14(16)13-9-10-15-11-12(13)2/h3,9-11,14,16H,1,4-8H2,2H3. The minimum atomic E-state index is -0.341. The fourth-order valence-electron chi connectivity index (χ4n) is 1.82. The van der Waals surface area contributed by atoms with Crippen LogP contribution < -0.4 is 0 Å². The van der Waals surface area contributed by atoms with Gasteiger partial charge in [-0.25, -0.2) is 0 Å². The van der Waals surface area contributed by atoms with Gasteiger partial charge in [-0.2, -0.15) is 0 Å². The lowest BCUT2D eigenvalue weighted by molar-refractivity contribution is 0.162. The highest BCUT2D eigenvalue weighted by molar-refractivity contribution is 5.23. The van der Waals surface area contributed by atoms with Gasteiger partial charge in [0.15, 0.2) is 0 Å². The molecule has 0 aliphatic heterocycles. The minimum Gasteiger partial charge on any atom is -0.388 e. The first-order valence-corrected chi connectivity index (χ1v) is 5.95. The molecule has 0 aliphatic rings. The third-order valence-corrected chi connectivity index (χ3v) is 2.81. The summed E-state index contributed by atoms with van der Waals surface area (Å²) in [5.41, 5.74) is 2.08. The van der Waals surface area contributed by atoms with Crippen molar-refractivity contribution in [2.24, 2.45) is 0 Å². The molecular formula is C14H21NO. The zero-order chi connectivity index (χ0) is 11.8. The number of unbranched alkanes of at least 4 members (excludes halogenated alkanes) is 3. The van der Waals surface area contributed by atoms with Crippen LogP contribution in [-0.2, 0) is 0 Å². The lowest BCUT2D eigenvalue weighted by Crippen LogP contribution is -2.00. The van der Waals surface area contributed by atoms with Gasteiger partial charge in [0, 0.05) is 12.4 Å². The van der Waals surface area contributed by atoms with Crippen LogP contribution in [0.15, 0.2) is 31.1 Å². The maximum Gasteiger partial charge on any atom is 0.0793 e. The topological polar surface area (TPSA) is 33.1 Å². The van der Waals surface area contributed by atoms with Crippen molar-refractivity contribution in [3.05, 3.63) is 42.2 Å². The summed E-state index contributed by atoms with van der Waals surface area (Å²) in [4.78, 5) is 4.03. The molecule has 0 fully saturated rings. The molecule has 0 amide bonds. The summed E-state index contributed by atoms with van der Waals surface area (Å²) in [7, 11) is 0. The Morgan fingerprint density at radius 2 is 2.25 bits per heavy atom. The molecule has 0 radical (unpaired) electrons. The molecule has 2 heteroatoms. The van der Waals surface area contributed by atoms with Crippen LogP contribution in [0.5, 0.6) is 0 Å². The van der Waals surface area contributed by atoms with E-state index in [0.29, 0.717) is 0 Å². The Bertz CT molecular complexity index is 322. The third-order valence-electron chi connectivity index (χ3n) is 2.81. The molecule has 1 atom stereocenters. The lowest BCUT2D eigenvalue weighted by Gasteiger charge is -2.12. The van der Waals surface area contributed by atoms with Gasteiger partial charge in [0.2, 0.25) is 0 Å². The summed E-state index contributed by atoms with van der Waals surface area (Å²) in [6.45, 7) is 5.69. The van der Waals surface area contributed by atoms with Gasteiger partial charge in [0.1, 0.15) is 0 Å². The van der Waals surface area contributed by atoms with Crippen molar-refractivity contribution in [1.29, 1.82) is 0 Å². The van der Waals surface area contributed by atoms with E-state index in [0.717, 1.165) is 36.8 Å². The van der Waals surface area contributed by atoms with Crippen LogP contribution >= 0.6 is 0 Å². The highest BCUT2D eigenvalue weighted by atomic mass is 16.3. The Kier molecular flexibility index (Phi) is 5.79. The van der Waals surface area contributed by atoms with E-state index in [-0.39, 0.29) is 6.10 Å². The van der Waals surface area contributed by atoms with Crippen molar-refractivity contribution in [2.45, 2.75) is 45.1 Å². The van der Waals surface area contributed by atoms with Crippen molar-refractivity contribution >= 4 is 0 Å². The van der Waals surface area contributed by atoms with E-state index >= 15 is 0 Å². The molecule has 1 aromatic rings. The maximum atomic E-state index is 10.0. The molecule has 1 unspecified atom stereocenters. The van der Waals surface area contributed by atoms with Crippen molar-refractivity contribution in [3.8, 4) is 0 Å².